The summed E-state index contributed by atoms with van der Waals surface area (Å²) in [5.41, 5.74) is 1.18. The molecule has 3 rings (SSSR count). The number of hydrogen-bond donors (Lipinski definition) is 2. The Labute approximate surface area is 135 Å². The highest BCUT2D eigenvalue weighted by atomic mass is 16.1. The summed E-state index contributed by atoms with van der Waals surface area (Å²) < 4.78 is 0. The Balaban J connectivity index is 1.86. The Morgan fingerprint density at radius 3 is 2.52 bits per heavy atom. The van der Waals surface area contributed by atoms with Crippen molar-refractivity contribution in [3.05, 3.63) is 66.4 Å². The van der Waals surface area contributed by atoms with Gasteiger partial charge in [0.1, 0.15) is 11.5 Å². The molecule has 4 heteroatoms. The quantitative estimate of drug-likeness (QED) is 0.755. The van der Waals surface area contributed by atoms with Crippen molar-refractivity contribution in [3.8, 4) is 0 Å². The minimum atomic E-state index is -0.214. The van der Waals surface area contributed by atoms with Crippen LogP contribution in [0.2, 0.25) is 0 Å². The molecule has 0 radical (unpaired) electrons. The highest BCUT2D eigenvalue weighted by Crippen LogP contribution is 2.23. The predicted molar refractivity (Wildman–Crippen MR) is 94.9 cm³/mol. The number of benzene rings is 2. The average molecular weight is 305 g/mol. The molecule has 116 valence electrons. The standard InChI is InChI=1S/C19H19N3O/c1-13(2)20-18-12-6-11-17(21-18)19(23)22-16-10-5-8-14-7-3-4-9-15(14)16/h3-13H,1-2H3,(H,20,21)(H,22,23). The van der Waals surface area contributed by atoms with Gasteiger partial charge < -0.3 is 10.6 Å². The molecule has 0 saturated carbocycles. The molecule has 1 heterocycles. The number of rotatable bonds is 4. The second-order valence-corrected chi connectivity index (χ2v) is 5.69. The normalized spacial score (nSPS) is 10.7. The van der Waals surface area contributed by atoms with E-state index in [0.29, 0.717) is 11.5 Å². The first kappa shape index (κ1) is 15.0. The molecule has 0 aliphatic heterocycles. The molecule has 0 unspecified atom stereocenters. The summed E-state index contributed by atoms with van der Waals surface area (Å²) in [6.45, 7) is 4.06. The van der Waals surface area contributed by atoms with E-state index in [0.717, 1.165) is 16.5 Å². The van der Waals surface area contributed by atoms with Gasteiger partial charge in [-0.1, -0.05) is 42.5 Å². The lowest BCUT2D eigenvalue weighted by atomic mass is 10.1. The number of fused-ring (bicyclic) bond motifs is 1. The van der Waals surface area contributed by atoms with Crippen LogP contribution in [0.15, 0.2) is 60.7 Å². The first-order chi connectivity index (χ1) is 11.1. The highest BCUT2D eigenvalue weighted by Gasteiger charge is 2.10. The zero-order chi connectivity index (χ0) is 16.2. The molecular weight excluding hydrogens is 286 g/mol. The number of pyridine rings is 1. The maximum absolute atomic E-state index is 12.5. The summed E-state index contributed by atoms with van der Waals surface area (Å²) in [7, 11) is 0. The summed E-state index contributed by atoms with van der Waals surface area (Å²) in [6.07, 6.45) is 0. The molecule has 23 heavy (non-hydrogen) atoms. The lowest BCUT2D eigenvalue weighted by molar-refractivity contribution is 0.102. The van der Waals surface area contributed by atoms with Crippen molar-refractivity contribution >= 4 is 28.2 Å². The first-order valence-electron chi connectivity index (χ1n) is 7.66. The lowest BCUT2D eigenvalue weighted by Gasteiger charge is -2.11. The van der Waals surface area contributed by atoms with Crippen molar-refractivity contribution < 1.29 is 4.79 Å². The third-order valence-corrected chi connectivity index (χ3v) is 3.46. The Hall–Kier alpha value is -2.88. The van der Waals surface area contributed by atoms with Gasteiger partial charge in [0.2, 0.25) is 0 Å². The topological polar surface area (TPSA) is 54.0 Å². The molecule has 1 aromatic heterocycles. The Kier molecular flexibility index (Phi) is 4.24. The largest absolute Gasteiger partial charge is 0.368 e. The molecular formula is C19H19N3O. The van der Waals surface area contributed by atoms with Gasteiger partial charge in [-0.25, -0.2) is 4.98 Å². The number of carbonyl (C=O) groups is 1. The van der Waals surface area contributed by atoms with Crippen molar-refractivity contribution in [2.24, 2.45) is 0 Å². The van der Waals surface area contributed by atoms with Crippen molar-refractivity contribution in [2.75, 3.05) is 10.6 Å². The molecule has 0 spiro atoms. The van der Waals surface area contributed by atoms with E-state index in [1.807, 2.05) is 68.4 Å². The molecule has 0 saturated heterocycles. The molecule has 2 N–H and O–H groups in total. The van der Waals surface area contributed by atoms with Crippen LogP contribution in [0.4, 0.5) is 11.5 Å². The molecule has 1 amide bonds. The maximum atomic E-state index is 12.5. The van der Waals surface area contributed by atoms with Gasteiger partial charge in [0.25, 0.3) is 5.91 Å². The molecule has 2 aromatic carbocycles. The number of amides is 1. The molecule has 0 aliphatic carbocycles. The van der Waals surface area contributed by atoms with E-state index in [1.165, 1.54) is 0 Å². The molecule has 0 bridgehead atoms. The van der Waals surface area contributed by atoms with E-state index in [4.69, 9.17) is 0 Å². The van der Waals surface area contributed by atoms with Crippen molar-refractivity contribution in [3.63, 3.8) is 0 Å². The van der Waals surface area contributed by atoms with E-state index in [2.05, 4.69) is 15.6 Å². The SMILES string of the molecule is CC(C)Nc1cccc(C(=O)Nc2cccc3ccccc23)n1. The number of nitrogens with one attached hydrogen (secondary N) is 2. The van der Waals surface area contributed by atoms with Crippen LogP contribution in [0.5, 0.6) is 0 Å². The van der Waals surface area contributed by atoms with Crippen LogP contribution in [-0.4, -0.2) is 16.9 Å². The molecule has 0 fully saturated rings. The fourth-order valence-electron chi connectivity index (χ4n) is 2.46. The van der Waals surface area contributed by atoms with Crippen LogP contribution in [0.25, 0.3) is 10.8 Å². The van der Waals surface area contributed by atoms with E-state index in [1.54, 1.807) is 6.07 Å². The van der Waals surface area contributed by atoms with Crippen molar-refractivity contribution in [1.82, 2.24) is 4.98 Å². The van der Waals surface area contributed by atoms with Gasteiger partial charge >= 0.3 is 0 Å². The number of carbonyl (C=O) groups excluding carboxylic acids is 1. The van der Waals surface area contributed by atoms with Crippen LogP contribution in [0, 0.1) is 0 Å². The third kappa shape index (κ3) is 3.48. The second kappa shape index (κ2) is 6.48. The van der Waals surface area contributed by atoms with E-state index in [9.17, 15) is 4.79 Å². The van der Waals surface area contributed by atoms with Gasteiger partial charge in [-0.05, 0) is 37.4 Å². The zero-order valence-corrected chi connectivity index (χ0v) is 13.2. The van der Waals surface area contributed by atoms with Crippen molar-refractivity contribution in [2.45, 2.75) is 19.9 Å². The van der Waals surface area contributed by atoms with Crippen molar-refractivity contribution in [1.29, 1.82) is 0 Å². The smallest absolute Gasteiger partial charge is 0.274 e. The van der Waals surface area contributed by atoms with Gasteiger partial charge in [0.05, 0.1) is 0 Å². The maximum Gasteiger partial charge on any atom is 0.274 e. The third-order valence-electron chi connectivity index (χ3n) is 3.46. The number of nitrogens with zero attached hydrogens (tertiary/aromatic N) is 1. The summed E-state index contributed by atoms with van der Waals surface area (Å²) in [5, 5.41) is 8.26. The summed E-state index contributed by atoms with van der Waals surface area (Å²) in [4.78, 5) is 16.9. The Morgan fingerprint density at radius 2 is 1.70 bits per heavy atom. The van der Waals surface area contributed by atoms with Gasteiger partial charge in [-0.2, -0.15) is 0 Å². The minimum absolute atomic E-state index is 0.214. The Bertz CT molecular complexity index is 837. The zero-order valence-electron chi connectivity index (χ0n) is 13.2. The summed E-state index contributed by atoms with van der Waals surface area (Å²) in [6, 6.07) is 19.5. The van der Waals surface area contributed by atoms with Gasteiger partial charge in [0.15, 0.2) is 0 Å². The fourth-order valence-corrected chi connectivity index (χ4v) is 2.46. The van der Waals surface area contributed by atoms with Gasteiger partial charge in [0, 0.05) is 17.1 Å². The van der Waals surface area contributed by atoms with Crippen LogP contribution in [-0.2, 0) is 0 Å². The monoisotopic (exact) mass is 305 g/mol. The second-order valence-electron chi connectivity index (χ2n) is 5.69. The molecule has 0 aliphatic rings. The number of anilines is 2. The van der Waals surface area contributed by atoms with Crippen LogP contribution in [0.1, 0.15) is 24.3 Å². The summed E-state index contributed by atoms with van der Waals surface area (Å²) in [5.74, 6) is 0.485. The predicted octanol–water partition coefficient (Wildman–Crippen LogP) is 4.31. The van der Waals surface area contributed by atoms with Gasteiger partial charge in [-0.3, -0.25) is 4.79 Å². The van der Waals surface area contributed by atoms with E-state index in [-0.39, 0.29) is 11.9 Å². The average Bonchev–Trinajstić information content (AvgIpc) is 2.55. The number of hydrogen-bond acceptors (Lipinski definition) is 3. The van der Waals surface area contributed by atoms with Crippen LogP contribution < -0.4 is 10.6 Å². The first-order valence-corrected chi connectivity index (χ1v) is 7.66. The van der Waals surface area contributed by atoms with E-state index < -0.39 is 0 Å². The fraction of sp³-hybridized carbons (Fsp3) is 0.158. The lowest BCUT2D eigenvalue weighted by Crippen LogP contribution is -2.16. The van der Waals surface area contributed by atoms with Crippen LogP contribution >= 0.6 is 0 Å². The molecule has 0 atom stereocenters. The van der Waals surface area contributed by atoms with Crippen LogP contribution in [0.3, 0.4) is 0 Å². The summed E-state index contributed by atoms with van der Waals surface area (Å²) >= 11 is 0. The van der Waals surface area contributed by atoms with Gasteiger partial charge in [-0.15, -0.1) is 0 Å². The molecule has 4 nitrogen and oxygen atoms in total. The number of aromatic nitrogens is 1. The highest BCUT2D eigenvalue weighted by molar-refractivity contribution is 6.08. The minimum Gasteiger partial charge on any atom is -0.368 e. The molecule has 3 aromatic rings. The van der Waals surface area contributed by atoms with E-state index >= 15 is 0 Å². The Morgan fingerprint density at radius 1 is 0.957 bits per heavy atom.